The Morgan fingerprint density at radius 1 is 1.44 bits per heavy atom. The SMILES string of the molecule is CC(N)c1nc2c(s1)CC(C(C)(C)C)CC2. The molecule has 0 aliphatic heterocycles. The van der Waals surface area contributed by atoms with Crippen molar-refractivity contribution in [3.8, 4) is 0 Å². The molecule has 1 aromatic rings. The predicted molar refractivity (Wildman–Crippen MR) is 69.7 cm³/mol. The second kappa shape index (κ2) is 4.11. The van der Waals surface area contributed by atoms with Crippen LogP contribution in [0, 0.1) is 11.3 Å². The van der Waals surface area contributed by atoms with Crippen LogP contribution in [0.25, 0.3) is 0 Å². The Kier molecular flexibility index (Phi) is 3.10. The highest BCUT2D eigenvalue weighted by Gasteiger charge is 2.30. The molecular formula is C13H22N2S. The van der Waals surface area contributed by atoms with E-state index in [0.29, 0.717) is 5.41 Å². The number of hydrogen-bond donors (Lipinski definition) is 1. The molecule has 90 valence electrons. The topological polar surface area (TPSA) is 38.9 Å². The molecule has 1 heterocycles. The maximum Gasteiger partial charge on any atom is 0.110 e. The molecule has 2 nitrogen and oxygen atoms in total. The third-order valence-corrected chi connectivity index (χ3v) is 4.89. The largest absolute Gasteiger partial charge is 0.322 e. The maximum absolute atomic E-state index is 5.89. The zero-order chi connectivity index (χ0) is 11.9. The Morgan fingerprint density at radius 3 is 2.69 bits per heavy atom. The van der Waals surface area contributed by atoms with Gasteiger partial charge in [0.25, 0.3) is 0 Å². The average Bonchev–Trinajstić information content (AvgIpc) is 2.58. The Hall–Kier alpha value is -0.410. The molecule has 0 amide bonds. The third-order valence-electron chi connectivity index (χ3n) is 3.57. The van der Waals surface area contributed by atoms with Crippen LogP contribution in [0.4, 0.5) is 0 Å². The summed E-state index contributed by atoms with van der Waals surface area (Å²) in [6, 6.07) is 0.0867. The summed E-state index contributed by atoms with van der Waals surface area (Å²) in [5.41, 5.74) is 7.62. The zero-order valence-electron chi connectivity index (χ0n) is 10.7. The minimum Gasteiger partial charge on any atom is -0.322 e. The first-order valence-electron chi connectivity index (χ1n) is 6.12. The standard InChI is InChI=1S/C13H22N2S/c1-8(14)12-15-10-6-5-9(13(2,3)4)7-11(10)16-12/h8-9H,5-7,14H2,1-4H3. The number of aryl methyl sites for hydroxylation is 1. The van der Waals surface area contributed by atoms with Gasteiger partial charge in [0, 0.05) is 4.88 Å². The van der Waals surface area contributed by atoms with Gasteiger partial charge in [0.05, 0.1) is 11.7 Å². The van der Waals surface area contributed by atoms with Crippen LogP contribution in [0.5, 0.6) is 0 Å². The first-order chi connectivity index (χ1) is 7.38. The lowest BCUT2D eigenvalue weighted by Crippen LogP contribution is -2.26. The normalized spacial score (nSPS) is 22.9. The van der Waals surface area contributed by atoms with Gasteiger partial charge in [0.1, 0.15) is 5.01 Å². The molecule has 1 aromatic heterocycles. The van der Waals surface area contributed by atoms with Gasteiger partial charge < -0.3 is 5.73 Å². The van der Waals surface area contributed by atoms with Crippen molar-refractivity contribution < 1.29 is 0 Å². The van der Waals surface area contributed by atoms with Gasteiger partial charge in [-0.2, -0.15) is 0 Å². The van der Waals surface area contributed by atoms with Gasteiger partial charge in [-0.15, -0.1) is 11.3 Å². The van der Waals surface area contributed by atoms with E-state index in [1.165, 1.54) is 23.4 Å². The monoisotopic (exact) mass is 238 g/mol. The molecular weight excluding hydrogens is 216 g/mol. The summed E-state index contributed by atoms with van der Waals surface area (Å²) >= 11 is 1.83. The van der Waals surface area contributed by atoms with Crippen molar-refractivity contribution in [3.05, 3.63) is 15.6 Å². The molecule has 2 unspecified atom stereocenters. The number of thiazole rings is 1. The second-order valence-electron chi connectivity index (χ2n) is 6.02. The van der Waals surface area contributed by atoms with E-state index < -0.39 is 0 Å². The summed E-state index contributed by atoms with van der Waals surface area (Å²) in [7, 11) is 0. The molecule has 0 saturated carbocycles. The van der Waals surface area contributed by atoms with Crippen LogP contribution in [-0.4, -0.2) is 4.98 Å². The van der Waals surface area contributed by atoms with Crippen molar-refractivity contribution in [2.75, 3.05) is 0 Å². The van der Waals surface area contributed by atoms with Crippen molar-refractivity contribution in [3.63, 3.8) is 0 Å². The smallest absolute Gasteiger partial charge is 0.110 e. The number of rotatable bonds is 1. The number of aromatic nitrogens is 1. The van der Waals surface area contributed by atoms with E-state index >= 15 is 0 Å². The lowest BCUT2D eigenvalue weighted by Gasteiger charge is -2.33. The fraction of sp³-hybridized carbons (Fsp3) is 0.769. The van der Waals surface area contributed by atoms with E-state index in [-0.39, 0.29) is 6.04 Å². The van der Waals surface area contributed by atoms with Crippen LogP contribution in [-0.2, 0) is 12.8 Å². The number of hydrogen-bond acceptors (Lipinski definition) is 3. The molecule has 1 aliphatic carbocycles. The van der Waals surface area contributed by atoms with Crippen molar-refractivity contribution in [1.29, 1.82) is 0 Å². The average molecular weight is 238 g/mol. The van der Waals surface area contributed by atoms with Crippen molar-refractivity contribution >= 4 is 11.3 Å². The summed E-state index contributed by atoms with van der Waals surface area (Å²) in [5.74, 6) is 0.793. The molecule has 2 N–H and O–H groups in total. The zero-order valence-corrected chi connectivity index (χ0v) is 11.5. The number of fused-ring (bicyclic) bond motifs is 1. The highest BCUT2D eigenvalue weighted by Crippen LogP contribution is 2.39. The first-order valence-corrected chi connectivity index (χ1v) is 6.93. The van der Waals surface area contributed by atoms with E-state index in [1.54, 1.807) is 0 Å². The summed E-state index contributed by atoms with van der Waals surface area (Å²) in [6.07, 6.45) is 3.61. The minimum atomic E-state index is 0.0867. The van der Waals surface area contributed by atoms with Crippen LogP contribution in [0.15, 0.2) is 0 Å². The predicted octanol–water partition coefficient (Wildman–Crippen LogP) is 3.31. The minimum absolute atomic E-state index is 0.0867. The summed E-state index contributed by atoms with van der Waals surface area (Å²) in [4.78, 5) is 6.14. The van der Waals surface area contributed by atoms with Crippen molar-refractivity contribution in [1.82, 2.24) is 4.98 Å². The first kappa shape index (κ1) is 12.1. The van der Waals surface area contributed by atoms with Gasteiger partial charge in [-0.05, 0) is 37.5 Å². The van der Waals surface area contributed by atoms with E-state index in [4.69, 9.17) is 5.73 Å². The molecule has 2 rings (SSSR count). The lowest BCUT2D eigenvalue weighted by molar-refractivity contribution is 0.217. The molecule has 1 aliphatic rings. The highest BCUT2D eigenvalue weighted by atomic mass is 32.1. The second-order valence-corrected chi connectivity index (χ2v) is 7.13. The number of nitrogens with two attached hydrogens (primary N) is 1. The molecule has 16 heavy (non-hydrogen) atoms. The molecule has 0 fully saturated rings. The van der Waals surface area contributed by atoms with Crippen LogP contribution in [0.1, 0.15) is 55.7 Å². The van der Waals surface area contributed by atoms with Crippen LogP contribution < -0.4 is 5.73 Å². The van der Waals surface area contributed by atoms with Crippen molar-refractivity contribution in [2.24, 2.45) is 17.1 Å². The van der Waals surface area contributed by atoms with E-state index in [0.717, 1.165) is 17.3 Å². The lowest BCUT2D eigenvalue weighted by atomic mass is 9.73. The Balaban J connectivity index is 2.21. The van der Waals surface area contributed by atoms with Crippen LogP contribution in [0.2, 0.25) is 0 Å². The molecule has 3 heteroatoms. The van der Waals surface area contributed by atoms with Crippen molar-refractivity contribution in [2.45, 2.75) is 53.0 Å². The number of nitrogens with zero attached hydrogens (tertiary/aromatic N) is 1. The summed E-state index contributed by atoms with van der Waals surface area (Å²) < 4.78 is 0. The molecule has 0 aromatic carbocycles. The highest BCUT2D eigenvalue weighted by molar-refractivity contribution is 7.11. The third kappa shape index (κ3) is 2.30. The maximum atomic E-state index is 5.89. The summed E-state index contributed by atoms with van der Waals surface area (Å²) in [6.45, 7) is 9.05. The van der Waals surface area contributed by atoms with Gasteiger partial charge in [-0.1, -0.05) is 20.8 Å². The van der Waals surface area contributed by atoms with Gasteiger partial charge >= 0.3 is 0 Å². The van der Waals surface area contributed by atoms with Gasteiger partial charge in [0.2, 0.25) is 0 Å². The van der Waals surface area contributed by atoms with Gasteiger partial charge in [0.15, 0.2) is 0 Å². The Morgan fingerprint density at radius 2 is 2.12 bits per heavy atom. The summed E-state index contributed by atoms with van der Waals surface area (Å²) in [5, 5.41) is 1.11. The molecule has 2 atom stereocenters. The fourth-order valence-corrected chi connectivity index (χ4v) is 3.47. The fourth-order valence-electron chi connectivity index (χ4n) is 2.33. The molecule has 0 spiro atoms. The van der Waals surface area contributed by atoms with E-state index in [9.17, 15) is 0 Å². The Labute approximate surface area is 102 Å². The van der Waals surface area contributed by atoms with E-state index in [2.05, 4.69) is 25.8 Å². The quantitative estimate of drug-likeness (QED) is 0.815. The molecule has 0 bridgehead atoms. The molecule has 0 radical (unpaired) electrons. The van der Waals surface area contributed by atoms with Crippen LogP contribution in [0.3, 0.4) is 0 Å². The van der Waals surface area contributed by atoms with Gasteiger partial charge in [-0.25, -0.2) is 4.98 Å². The van der Waals surface area contributed by atoms with Crippen LogP contribution >= 0.6 is 11.3 Å². The Bertz CT molecular complexity index is 374. The van der Waals surface area contributed by atoms with Gasteiger partial charge in [-0.3, -0.25) is 0 Å². The molecule has 0 saturated heterocycles. The van der Waals surface area contributed by atoms with E-state index in [1.807, 2.05) is 18.3 Å².